The molecule has 0 fully saturated rings. The Morgan fingerprint density at radius 3 is 2.24 bits per heavy atom. The maximum Gasteiger partial charge on any atom is 0.160 e. The Hall–Kier alpha value is -2.59. The SMILES string of the molecule is COc1ccc(CCN(C)CCC[C@@](C#N)(c2ccc(CO)c(CO)c2)C(C)C)cc1OC. The molecule has 2 N–H and O–H groups in total. The highest BCUT2D eigenvalue weighted by Gasteiger charge is 2.36. The Bertz CT molecular complexity index is 938. The largest absolute Gasteiger partial charge is 0.493 e. The fourth-order valence-corrected chi connectivity index (χ4v) is 4.32. The van der Waals surface area contributed by atoms with Gasteiger partial charge < -0.3 is 24.6 Å². The van der Waals surface area contributed by atoms with Crippen molar-refractivity contribution in [3.63, 3.8) is 0 Å². The highest BCUT2D eigenvalue weighted by Crippen LogP contribution is 2.37. The van der Waals surface area contributed by atoms with Gasteiger partial charge in [0.25, 0.3) is 0 Å². The van der Waals surface area contributed by atoms with Crippen molar-refractivity contribution in [2.75, 3.05) is 34.4 Å². The quantitative estimate of drug-likeness (QED) is 0.475. The van der Waals surface area contributed by atoms with E-state index in [4.69, 9.17) is 9.47 Å². The number of benzene rings is 2. The average Bonchev–Trinajstić information content (AvgIpc) is 2.84. The zero-order valence-corrected chi connectivity index (χ0v) is 20.6. The highest BCUT2D eigenvalue weighted by molar-refractivity contribution is 5.43. The van der Waals surface area contributed by atoms with Crippen molar-refractivity contribution < 1.29 is 19.7 Å². The van der Waals surface area contributed by atoms with Crippen LogP contribution in [0.4, 0.5) is 0 Å². The van der Waals surface area contributed by atoms with Gasteiger partial charge in [-0.3, -0.25) is 0 Å². The van der Waals surface area contributed by atoms with Crippen LogP contribution >= 0.6 is 0 Å². The average molecular weight is 455 g/mol. The lowest BCUT2D eigenvalue weighted by atomic mass is 9.69. The predicted molar refractivity (Wildman–Crippen MR) is 130 cm³/mol. The molecule has 6 nitrogen and oxygen atoms in total. The van der Waals surface area contributed by atoms with Crippen LogP contribution in [-0.4, -0.2) is 49.5 Å². The molecule has 0 heterocycles. The molecule has 0 saturated carbocycles. The van der Waals surface area contributed by atoms with E-state index >= 15 is 0 Å². The van der Waals surface area contributed by atoms with Crippen LogP contribution in [-0.2, 0) is 25.0 Å². The zero-order valence-electron chi connectivity index (χ0n) is 20.6. The van der Waals surface area contributed by atoms with E-state index < -0.39 is 5.41 Å². The lowest BCUT2D eigenvalue weighted by Gasteiger charge is -2.32. The summed E-state index contributed by atoms with van der Waals surface area (Å²) in [6.07, 6.45) is 2.50. The Labute approximate surface area is 198 Å². The summed E-state index contributed by atoms with van der Waals surface area (Å²) in [6.45, 7) is 5.65. The molecule has 0 amide bonds. The molecule has 0 radical (unpaired) electrons. The summed E-state index contributed by atoms with van der Waals surface area (Å²) in [5.41, 5.74) is 2.85. The molecule has 0 bridgehead atoms. The first-order chi connectivity index (χ1) is 15.8. The number of methoxy groups -OCH3 is 2. The topological polar surface area (TPSA) is 86.0 Å². The molecular formula is C27H38N2O4. The number of aliphatic hydroxyl groups is 2. The number of aliphatic hydroxyl groups excluding tert-OH is 2. The number of nitriles is 1. The normalized spacial score (nSPS) is 13.1. The molecule has 0 aliphatic rings. The van der Waals surface area contributed by atoms with Gasteiger partial charge in [0, 0.05) is 6.54 Å². The van der Waals surface area contributed by atoms with Crippen molar-refractivity contribution in [2.24, 2.45) is 5.92 Å². The molecule has 0 spiro atoms. The number of hydrogen-bond acceptors (Lipinski definition) is 6. The maximum absolute atomic E-state index is 10.2. The molecule has 2 rings (SSSR count). The van der Waals surface area contributed by atoms with Gasteiger partial charge in [-0.05, 0) is 73.2 Å². The minimum atomic E-state index is -0.637. The number of rotatable bonds is 13. The number of ether oxygens (including phenoxy) is 2. The first kappa shape index (κ1) is 26.7. The second kappa shape index (κ2) is 12.6. The van der Waals surface area contributed by atoms with Crippen molar-refractivity contribution in [3.05, 3.63) is 58.7 Å². The Morgan fingerprint density at radius 2 is 1.67 bits per heavy atom. The molecule has 2 aromatic carbocycles. The molecule has 0 unspecified atom stereocenters. The fourth-order valence-electron chi connectivity index (χ4n) is 4.32. The molecule has 1 atom stereocenters. The first-order valence-electron chi connectivity index (χ1n) is 11.5. The van der Waals surface area contributed by atoms with Crippen LogP contribution < -0.4 is 9.47 Å². The van der Waals surface area contributed by atoms with Crippen molar-refractivity contribution in [1.29, 1.82) is 5.26 Å². The van der Waals surface area contributed by atoms with E-state index in [1.807, 2.05) is 30.3 Å². The summed E-state index contributed by atoms with van der Waals surface area (Å²) < 4.78 is 10.7. The third-order valence-corrected chi connectivity index (χ3v) is 6.59. The van der Waals surface area contributed by atoms with Gasteiger partial charge >= 0.3 is 0 Å². The molecule has 0 aromatic heterocycles. The Kier molecular flexibility index (Phi) is 10.2. The smallest absolute Gasteiger partial charge is 0.160 e. The van der Waals surface area contributed by atoms with Crippen LogP contribution in [0.25, 0.3) is 0 Å². The van der Waals surface area contributed by atoms with Crippen LogP contribution in [0.5, 0.6) is 11.5 Å². The molecule has 0 aliphatic carbocycles. The van der Waals surface area contributed by atoms with Crippen molar-refractivity contribution in [3.8, 4) is 17.6 Å². The maximum atomic E-state index is 10.2. The van der Waals surface area contributed by atoms with Gasteiger partial charge in [0.05, 0.1) is 38.9 Å². The third kappa shape index (κ3) is 6.48. The lowest BCUT2D eigenvalue weighted by Crippen LogP contribution is -2.33. The van der Waals surface area contributed by atoms with E-state index in [1.54, 1.807) is 14.2 Å². The molecule has 6 heteroatoms. The second-order valence-corrected chi connectivity index (χ2v) is 8.88. The van der Waals surface area contributed by atoms with Crippen molar-refractivity contribution in [2.45, 2.75) is 51.7 Å². The van der Waals surface area contributed by atoms with Gasteiger partial charge in [0.1, 0.15) is 0 Å². The molecular weight excluding hydrogens is 416 g/mol. The third-order valence-electron chi connectivity index (χ3n) is 6.59. The van der Waals surface area contributed by atoms with E-state index in [0.717, 1.165) is 49.4 Å². The monoisotopic (exact) mass is 454 g/mol. The van der Waals surface area contributed by atoms with E-state index in [-0.39, 0.29) is 19.1 Å². The summed E-state index contributed by atoms with van der Waals surface area (Å²) >= 11 is 0. The second-order valence-electron chi connectivity index (χ2n) is 8.88. The predicted octanol–water partition coefficient (Wildman–Crippen LogP) is 4.06. The number of hydrogen-bond donors (Lipinski definition) is 2. The summed E-state index contributed by atoms with van der Waals surface area (Å²) in [7, 11) is 5.38. The van der Waals surface area contributed by atoms with E-state index in [2.05, 4.69) is 37.9 Å². The molecule has 0 saturated heterocycles. The molecule has 33 heavy (non-hydrogen) atoms. The summed E-state index contributed by atoms with van der Waals surface area (Å²) in [5.74, 6) is 1.58. The Balaban J connectivity index is 2.02. The number of likely N-dealkylation sites (N-methyl/N-ethyl adjacent to an activating group) is 1. The fraction of sp³-hybridized carbons (Fsp3) is 0.519. The first-order valence-corrected chi connectivity index (χ1v) is 11.5. The van der Waals surface area contributed by atoms with Gasteiger partial charge in [0.15, 0.2) is 11.5 Å². The van der Waals surface area contributed by atoms with Crippen molar-refractivity contribution in [1.82, 2.24) is 4.90 Å². The van der Waals surface area contributed by atoms with Crippen LogP contribution in [0.2, 0.25) is 0 Å². The minimum absolute atomic E-state index is 0.117. The van der Waals surface area contributed by atoms with E-state index in [9.17, 15) is 15.5 Å². The van der Waals surface area contributed by atoms with Gasteiger partial charge in [0.2, 0.25) is 0 Å². The number of nitrogens with zero attached hydrogens (tertiary/aromatic N) is 2. The van der Waals surface area contributed by atoms with E-state index in [1.165, 1.54) is 5.56 Å². The van der Waals surface area contributed by atoms with Gasteiger partial charge in [-0.1, -0.05) is 38.1 Å². The van der Waals surface area contributed by atoms with Crippen molar-refractivity contribution >= 4 is 0 Å². The summed E-state index contributed by atoms with van der Waals surface area (Å²) in [6, 6.07) is 14.2. The molecule has 2 aromatic rings. The van der Waals surface area contributed by atoms with Crippen LogP contribution in [0, 0.1) is 17.2 Å². The lowest BCUT2D eigenvalue weighted by molar-refractivity contribution is 0.259. The molecule has 0 aliphatic heterocycles. The Morgan fingerprint density at radius 1 is 0.970 bits per heavy atom. The highest BCUT2D eigenvalue weighted by atomic mass is 16.5. The van der Waals surface area contributed by atoms with Gasteiger partial charge in [-0.2, -0.15) is 5.26 Å². The zero-order chi connectivity index (χ0) is 24.4. The standard InChI is InChI=1S/C27H38N2O4/c1-20(2)27(19-28,24-9-8-22(17-30)23(16-24)18-31)12-6-13-29(3)14-11-21-7-10-25(32-4)26(15-21)33-5/h7-10,15-16,20,30-31H,6,11-14,17-18H2,1-5H3/t27-/m0/s1. The van der Waals surface area contributed by atoms with Crippen LogP contribution in [0.15, 0.2) is 36.4 Å². The van der Waals surface area contributed by atoms with Crippen LogP contribution in [0.1, 0.15) is 48.9 Å². The summed E-state index contributed by atoms with van der Waals surface area (Å²) in [5, 5.41) is 29.4. The van der Waals surface area contributed by atoms with Crippen LogP contribution in [0.3, 0.4) is 0 Å². The van der Waals surface area contributed by atoms with Gasteiger partial charge in [-0.15, -0.1) is 0 Å². The summed E-state index contributed by atoms with van der Waals surface area (Å²) in [4.78, 5) is 2.28. The van der Waals surface area contributed by atoms with E-state index in [0.29, 0.717) is 11.1 Å². The van der Waals surface area contributed by atoms with Gasteiger partial charge in [-0.25, -0.2) is 0 Å². The molecule has 180 valence electrons. The minimum Gasteiger partial charge on any atom is -0.493 e.